The number of carbonyl (C=O) groups excluding carboxylic acids is 2. The SMILES string of the molecule is Cc1occc1C(=O)NN1C(=O)/C(=C\c2cnc3ccccc3n2)SC1=S. The Kier molecular flexibility index (Phi) is 4.46. The van der Waals surface area contributed by atoms with Crippen LogP contribution in [0.25, 0.3) is 17.1 Å². The number of nitrogens with one attached hydrogen (secondary N) is 1. The number of carbonyl (C=O) groups is 2. The lowest BCUT2D eigenvalue weighted by molar-refractivity contribution is -0.123. The number of hydrogen-bond donors (Lipinski definition) is 1. The minimum absolute atomic E-state index is 0.231. The predicted molar refractivity (Wildman–Crippen MR) is 105 cm³/mol. The average molecular weight is 396 g/mol. The maximum absolute atomic E-state index is 12.6. The van der Waals surface area contributed by atoms with Crippen molar-refractivity contribution in [3.63, 3.8) is 0 Å². The van der Waals surface area contributed by atoms with Crippen LogP contribution in [0.15, 0.2) is 52.1 Å². The molecule has 134 valence electrons. The van der Waals surface area contributed by atoms with Crippen LogP contribution in [0.4, 0.5) is 0 Å². The van der Waals surface area contributed by atoms with Crippen LogP contribution in [0.5, 0.6) is 0 Å². The number of hydrazine groups is 1. The van der Waals surface area contributed by atoms with Gasteiger partial charge in [-0.2, -0.15) is 5.01 Å². The monoisotopic (exact) mass is 396 g/mol. The Morgan fingerprint density at radius 1 is 1.30 bits per heavy atom. The van der Waals surface area contributed by atoms with Gasteiger partial charge >= 0.3 is 0 Å². The molecule has 27 heavy (non-hydrogen) atoms. The van der Waals surface area contributed by atoms with Gasteiger partial charge in [0.2, 0.25) is 0 Å². The fraction of sp³-hybridized carbons (Fsp3) is 0.0556. The fourth-order valence-electron chi connectivity index (χ4n) is 2.52. The molecular formula is C18H12N4O3S2. The second-order valence-corrected chi connectivity index (χ2v) is 7.31. The summed E-state index contributed by atoms with van der Waals surface area (Å²) in [6.45, 7) is 1.66. The number of benzene rings is 1. The molecule has 1 aliphatic rings. The second-order valence-electron chi connectivity index (χ2n) is 5.63. The average Bonchev–Trinajstić information content (AvgIpc) is 3.20. The molecule has 2 amide bonds. The van der Waals surface area contributed by atoms with E-state index >= 15 is 0 Å². The third kappa shape index (κ3) is 3.34. The molecule has 0 aliphatic carbocycles. The summed E-state index contributed by atoms with van der Waals surface area (Å²) in [7, 11) is 0. The number of amides is 2. The number of furan rings is 1. The number of fused-ring (bicyclic) bond motifs is 1. The van der Waals surface area contributed by atoms with Gasteiger partial charge in [-0.05, 0) is 43.4 Å². The molecule has 1 aliphatic heterocycles. The summed E-state index contributed by atoms with van der Waals surface area (Å²) in [5.74, 6) is -0.432. The van der Waals surface area contributed by atoms with Crippen LogP contribution in [0.1, 0.15) is 21.8 Å². The van der Waals surface area contributed by atoms with Crippen LogP contribution in [0, 0.1) is 6.92 Å². The molecule has 0 atom stereocenters. The van der Waals surface area contributed by atoms with E-state index < -0.39 is 11.8 Å². The number of hydrogen-bond acceptors (Lipinski definition) is 7. The number of thiocarbonyl (C=S) groups is 1. The summed E-state index contributed by atoms with van der Waals surface area (Å²) in [6, 6.07) is 8.99. The summed E-state index contributed by atoms with van der Waals surface area (Å²) in [4.78, 5) is 34.1. The Bertz CT molecular complexity index is 1120. The predicted octanol–water partition coefficient (Wildman–Crippen LogP) is 3.08. The van der Waals surface area contributed by atoms with Crippen LogP contribution >= 0.6 is 24.0 Å². The van der Waals surface area contributed by atoms with Crippen LogP contribution in [-0.4, -0.2) is 31.1 Å². The number of para-hydroxylation sites is 2. The summed E-state index contributed by atoms with van der Waals surface area (Å²) in [6.07, 6.45) is 4.60. The molecule has 1 N–H and O–H groups in total. The van der Waals surface area contributed by atoms with E-state index in [9.17, 15) is 9.59 Å². The largest absolute Gasteiger partial charge is 0.469 e. The number of aromatic nitrogens is 2. The van der Waals surface area contributed by atoms with E-state index in [4.69, 9.17) is 16.6 Å². The van der Waals surface area contributed by atoms with Crippen LogP contribution < -0.4 is 5.43 Å². The van der Waals surface area contributed by atoms with Gasteiger partial charge in [-0.3, -0.25) is 20.0 Å². The van der Waals surface area contributed by atoms with Gasteiger partial charge in [0.15, 0.2) is 4.32 Å². The lowest BCUT2D eigenvalue weighted by atomic mass is 10.2. The molecule has 3 heterocycles. The van der Waals surface area contributed by atoms with Crippen molar-refractivity contribution in [2.45, 2.75) is 6.92 Å². The van der Waals surface area contributed by atoms with Crippen LogP contribution in [0.3, 0.4) is 0 Å². The molecule has 7 nitrogen and oxygen atoms in total. The van der Waals surface area contributed by atoms with Crippen molar-refractivity contribution < 1.29 is 14.0 Å². The molecule has 1 fully saturated rings. The number of thioether (sulfide) groups is 1. The number of rotatable bonds is 3. The quantitative estimate of drug-likeness (QED) is 0.538. The molecule has 0 radical (unpaired) electrons. The van der Waals surface area contributed by atoms with Crippen LogP contribution in [-0.2, 0) is 4.79 Å². The summed E-state index contributed by atoms with van der Waals surface area (Å²) in [5.41, 5.74) is 4.88. The molecular weight excluding hydrogens is 384 g/mol. The highest BCUT2D eigenvalue weighted by Gasteiger charge is 2.34. The molecule has 0 bridgehead atoms. The van der Waals surface area contributed by atoms with E-state index in [-0.39, 0.29) is 4.32 Å². The lowest BCUT2D eigenvalue weighted by Gasteiger charge is -2.15. The molecule has 2 aromatic heterocycles. The van der Waals surface area contributed by atoms with Crippen molar-refractivity contribution in [2.75, 3.05) is 0 Å². The molecule has 0 saturated carbocycles. The van der Waals surface area contributed by atoms with E-state index in [0.717, 1.165) is 27.8 Å². The first-order chi connectivity index (χ1) is 13.0. The zero-order chi connectivity index (χ0) is 19.0. The summed E-state index contributed by atoms with van der Waals surface area (Å²) < 4.78 is 5.34. The standard InChI is InChI=1S/C18H12N4O3S2/c1-10-12(6-7-25-10)16(23)21-22-17(24)15(27-18(22)26)8-11-9-19-13-4-2-3-5-14(13)20-11/h2-9H,1H3,(H,21,23)/b15-8+. The highest BCUT2D eigenvalue weighted by molar-refractivity contribution is 8.26. The van der Waals surface area contributed by atoms with Crippen molar-refractivity contribution in [3.05, 3.63) is 64.7 Å². The minimum atomic E-state index is -0.468. The number of aryl methyl sites for hydroxylation is 1. The second kappa shape index (κ2) is 6.93. The van der Waals surface area contributed by atoms with Crippen LogP contribution in [0.2, 0.25) is 0 Å². The smallest absolute Gasteiger partial charge is 0.285 e. The van der Waals surface area contributed by atoms with Gasteiger partial charge in [0.1, 0.15) is 5.76 Å². The Balaban J connectivity index is 1.57. The molecule has 4 rings (SSSR count). The van der Waals surface area contributed by atoms with Gasteiger partial charge in [0.05, 0.1) is 39.7 Å². The van der Waals surface area contributed by atoms with Crippen molar-refractivity contribution in [2.24, 2.45) is 0 Å². The molecule has 3 aromatic rings. The van der Waals surface area contributed by atoms with Gasteiger partial charge in [-0.1, -0.05) is 23.9 Å². The third-order valence-electron chi connectivity index (χ3n) is 3.86. The minimum Gasteiger partial charge on any atom is -0.469 e. The van der Waals surface area contributed by atoms with Gasteiger partial charge in [-0.15, -0.1) is 0 Å². The normalized spacial score (nSPS) is 15.7. The molecule has 0 unspecified atom stereocenters. The Morgan fingerprint density at radius 2 is 2.07 bits per heavy atom. The van der Waals surface area contributed by atoms with Gasteiger partial charge in [-0.25, -0.2) is 4.98 Å². The first-order valence-electron chi connectivity index (χ1n) is 7.88. The van der Waals surface area contributed by atoms with E-state index in [0.29, 0.717) is 21.9 Å². The fourth-order valence-corrected chi connectivity index (χ4v) is 3.69. The maximum atomic E-state index is 12.6. The van der Waals surface area contributed by atoms with E-state index in [1.165, 1.54) is 12.3 Å². The Hall–Kier alpha value is -3.04. The molecule has 9 heteroatoms. The maximum Gasteiger partial charge on any atom is 0.285 e. The molecule has 1 saturated heterocycles. The first kappa shape index (κ1) is 17.4. The van der Waals surface area contributed by atoms with Crippen molar-refractivity contribution in [3.8, 4) is 0 Å². The van der Waals surface area contributed by atoms with Gasteiger partial charge < -0.3 is 4.42 Å². The van der Waals surface area contributed by atoms with Gasteiger partial charge in [0.25, 0.3) is 11.8 Å². The summed E-state index contributed by atoms with van der Waals surface area (Å²) >= 11 is 6.31. The zero-order valence-electron chi connectivity index (χ0n) is 14.0. The molecule has 0 spiro atoms. The third-order valence-corrected chi connectivity index (χ3v) is 5.16. The molecule has 1 aromatic carbocycles. The topological polar surface area (TPSA) is 88.3 Å². The van der Waals surface area contributed by atoms with E-state index in [1.54, 1.807) is 19.2 Å². The Labute approximate surface area is 163 Å². The van der Waals surface area contributed by atoms with Crippen molar-refractivity contribution >= 4 is 57.2 Å². The lowest BCUT2D eigenvalue weighted by Crippen LogP contribution is -2.44. The van der Waals surface area contributed by atoms with Crippen molar-refractivity contribution in [1.82, 2.24) is 20.4 Å². The van der Waals surface area contributed by atoms with Crippen molar-refractivity contribution in [1.29, 1.82) is 0 Å². The van der Waals surface area contributed by atoms with Gasteiger partial charge in [0, 0.05) is 0 Å². The van der Waals surface area contributed by atoms with E-state index in [2.05, 4.69) is 15.4 Å². The Morgan fingerprint density at radius 3 is 2.81 bits per heavy atom. The summed E-state index contributed by atoms with van der Waals surface area (Å²) in [5, 5.41) is 1.05. The highest BCUT2D eigenvalue weighted by atomic mass is 32.2. The first-order valence-corrected chi connectivity index (χ1v) is 9.10. The number of nitrogens with zero attached hydrogens (tertiary/aromatic N) is 3. The highest BCUT2D eigenvalue weighted by Crippen LogP contribution is 2.31. The van der Waals surface area contributed by atoms with E-state index in [1.807, 2.05) is 24.3 Å². The zero-order valence-corrected chi connectivity index (χ0v) is 15.6.